The van der Waals surface area contributed by atoms with Crippen molar-refractivity contribution >= 4 is 5.91 Å². The largest absolute Gasteiger partial charge is 0.338 e. The molecule has 3 heterocycles. The van der Waals surface area contributed by atoms with Gasteiger partial charge in [0, 0.05) is 38.6 Å². The Labute approximate surface area is 132 Å². The molecule has 3 aliphatic rings. The van der Waals surface area contributed by atoms with Crippen LogP contribution in [0.3, 0.4) is 0 Å². The summed E-state index contributed by atoms with van der Waals surface area (Å²) in [5, 5.41) is 0. The van der Waals surface area contributed by atoms with Crippen LogP contribution >= 0.6 is 0 Å². The van der Waals surface area contributed by atoms with Gasteiger partial charge in [-0.15, -0.1) is 0 Å². The van der Waals surface area contributed by atoms with Crippen molar-refractivity contribution in [2.45, 2.75) is 38.6 Å². The minimum atomic E-state index is -0.0879. The van der Waals surface area contributed by atoms with Crippen LogP contribution in [0.1, 0.15) is 37.7 Å². The first-order valence-electron chi connectivity index (χ1n) is 8.66. The van der Waals surface area contributed by atoms with E-state index in [1.165, 1.54) is 32.4 Å². The Morgan fingerprint density at radius 3 is 2.95 bits per heavy atom. The van der Waals surface area contributed by atoms with Crippen molar-refractivity contribution in [1.82, 2.24) is 14.8 Å². The third-order valence-electron chi connectivity index (χ3n) is 5.57. The summed E-state index contributed by atoms with van der Waals surface area (Å²) in [7, 11) is 0. The molecule has 3 fully saturated rings. The minimum Gasteiger partial charge on any atom is -0.338 e. The van der Waals surface area contributed by atoms with Gasteiger partial charge in [-0.05, 0) is 56.2 Å². The second-order valence-corrected chi connectivity index (χ2v) is 7.40. The molecule has 118 valence electrons. The summed E-state index contributed by atoms with van der Waals surface area (Å²) in [5.41, 5.74) is 1.05. The lowest BCUT2D eigenvalue weighted by Crippen LogP contribution is -2.48. The number of pyridine rings is 1. The Morgan fingerprint density at radius 1 is 1.27 bits per heavy atom. The first kappa shape index (κ1) is 14.2. The van der Waals surface area contributed by atoms with Crippen LogP contribution in [0.15, 0.2) is 24.5 Å². The zero-order valence-electron chi connectivity index (χ0n) is 13.2. The Kier molecular flexibility index (Phi) is 3.65. The summed E-state index contributed by atoms with van der Waals surface area (Å²) in [6, 6.07) is 4.01. The molecule has 0 aromatic carbocycles. The first-order chi connectivity index (χ1) is 10.8. The van der Waals surface area contributed by atoms with Crippen molar-refractivity contribution in [1.29, 1.82) is 0 Å². The number of carbonyl (C=O) groups is 1. The molecule has 4 rings (SSSR count). The lowest BCUT2D eigenvalue weighted by Gasteiger charge is -2.39. The number of hydrogen-bond donors (Lipinski definition) is 0. The van der Waals surface area contributed by atoms with E-state index in [4.69, 9.17) is 0 Å². The molecule has 4 nitrogen and oxygen atoms in total. The van der Waals surface area contributed by atoms with Crippen molar-refractivity contribution < 1.29 is 4.79 Å². The molecule has 0 unspecified atom stereocenters. The summed E-state index contributed by atoms with van der Waals surface area (Å²) >= 11 is 0. The molecule has 1 atom stereocenters. The van der Waals surface area contributed by atoms with Gasteiger partial charge in [0.05, 0.1) is 5.41 Å². The lowest BCUT2D eigenvalue weighted by molar-refractivity contribution is -0.139. The number of likely N-dealkylation sites (tertiary alicyclic amines) is 2. The normalized spacial score (nSPS) is 29.5. The van der Waals surface area contributed by atoms with E-state index in [2.05, 4.69) is 20.9 Å². The van der Waals surface area contributed by atoms with Gasteiger partial charge < -0.3 is 9.80 Å². The number of piperidine rings is 1. The van der Waals surface area contributed by atoms with Crippen LogP contribution in [0.25, 0.3) is 0 Å². The fourth-order valence-corrected chi connectivity index (χ4v) is 4.18. The summed E-state index contributed by atoms with van der Waals surface area (Å²) in [5.74, 6) is 1.30. The Morgan fingerprint density at radius 2 is 2.18 bits per heavy atom. The third-order valence-corrected chi connectivity index (χ3v) is 5.57. The zero-order valence-corrected chi connectivity index (χ0v) is 13.2. The van der Waals surface area contributed by atoms with Crippen LogP contribution in [0.4, 0.5) is 0 Å². The van der Waals surface area contributed by atoms with E-state index in [9.17, 15) is 4.79 Å². The fourth-order valence-electron chi connectivity index (χ4n) is 4.18. The summed E-state index contributed by atoms with van der Waals surface area (Å²) in [6.07, 6.45) is 9.74. The number of carbonyl (C=O) groups excluding carboxylic acids is 1. The molecule has 1 aromatic heterocycles. The van der Waals surface area contributed by atoms with Gasteiger partial charge in [0.25, 0.3) is 0 Å². The second-order valence-electron chi connectivity index (χ2n) is 7.40. The lowest BCUT2D eigenvalue weighted by atomic mass is 9.78. The number of aromatic nitrogens is 1. The van der Waals surface area contributed by atoms with E-state index in [0.29, 0.717) is 5.91 Å². The highest BCUT2D eigenvalue weighted by Gasteiger charge is 2.49. The molecule has 1 aromatic rings. The highest BCUT2D eigenvalue weighted by molar-refractivity contribution is 5.85. The van der Waals surface area contributed by atoms with Crippen LogP contribution in [-0.2, 0) is 11.3 Å². The molecule has 2 aliphatic heterocycles. The molecule has 0 bridgehead atoms. The number of nitrogens with zero attached hydrogens (tertiary/aromatic N) is 3. The number of rotatable bonds is 4. The van der Waals surface area contributed by atoms with Gasteiger partial charge in [-0.3, -0.25) is 9.78 Å². The summed E-state index contributed by atoms with van der Waals surface area (Å²) < 4.78 is 0. The van der Waals surface area contributed by atoms with E-state index >= 15 is 0 Å². The standard InChI is InChI=1S/C18H25N3O/c22-17-18(6-2-9-20(14-18)12-15-4-5-15)7-10-21(17)13-16-3-1-8-19-11-16/h1,3,8,11,15H,2,4-7,9-10,12-14H2/t18-/m0/s1. The average Bonchev–Trinajstić information content (AvgIpc) is 3.31. The van der Waals surface area contributed by atoms with Crippen molar-refractivity contribution in [3.05, 3.63) is 30.1 Å². The van der Waals surface area contributed by atoms with Crippen molar-refractivity contribution in [2.75, 3.05) is 26.2 Å². The van der Waals surface area contributed by atoms with Gasteiger partial charge in [0.1, 0.15) is 0 Å². The molecule has 1 saturated carbocycles. The predicted molar refractivity (Wildman–Crippen MR) is 85.1 cm³/mol. The third kappa shape index (κ3) is 2.76. The van der Waals surface area contributed by atoms with E-state index in [0.717, 1.165) is 44.0 Å². The molecule has 2 saturated heterocycles. The molecule has 22 heavy (non-hydrogen) atoms. The average molecular weight is 299 g/mol. The van der Waals surface area contributed by atoms with Crippen LogP contribution in [0.5, 0.6) is 0 Å². The summed E-state index contributed by atoms with van der Waals surface area (Å²) in [6.45, 7) is 5.03. The Bertz CT molecular complexity index is 543. The maximum absolute atomic E-state index is 13.0. The molecule has 1 aliphatic carbocycles. The Hall–Kier alpha value is -1.42. The Balaban J connectivity index is 1.43. The predicted octanol–water partition coefficient (Wildman–Crippen LogP) is 2.31. The van der Waals surface area contributed by atoms with Crippen molar-refractivity contribution in [3.63, 3.8) is 0 Å². The van der Waals surface area contributed by atoms with E-state index in [1.807, 2.05) is 12.3 Å². The van der Waals surface area contributed by atoms with E-state index in [1.54, 1.807) is 6.20 Å². The maximum Gasteiger partial charge on any atom is 0.230 e. The zero-order chi connectivity index (χ0) is 15.0. The van der Waals surface area contributed by atoms with Gasteiger partial charge >= 0.3 is 0 Å². The van der Waals surface area contributed by atoms with Gasteiger partial charge in [-0.2, -0.15) is 0 Å². The minimum absolute atomic E-state index is 0.0879. The van der Waals surface area contributed by atoms with Crippen LogP contribution in [0, 0.1) is 11.3 Å². The molecule has 4 heteroatoms. The van der Waals surface area contributed by atoms with Gasteiger partial charge in [-0.25, -0.2) is 0 Å². The highest BCUT2D eigenvalue weighted by atomic mass is 16.2. The van der Waals surface area contributed by atoms with Crippen molar-refractivity contribution in [2.24, 2.45) is 11.3 Å². The van der Waals surface area contributed by atoms with Crippen LogP contribution in [-0.4, -0.2) is 46.9 Å². The van der Waals surface area contributed by atoms with Crippen LogP contribution in [0.2, 0.25) is 0 Å². The molecule has 0 radical (unpaired) electrons. The molecular weight excluding hydrogens is 274 g/mol. The summed E-state index contributed by atoms with van der Waals surface area (Å²) in [4.78, 5) is 21.8. The SMILES string of the molecule is O=C1N(Cc2cccnc2)CC[C@]12CCCN(CC1CC1)C2. The second kappa shape index (κ2) is 5.65. The molecule has 1 spiro atoms. The molecule has 0 N–H and O–H groups in total. The smallest absolute Gasteiger partial charge is 0.230 e. The quantitative estimate of drug-likeness (QED) is 0.856. The van der Waals surface area contributed by atoms with Crippen molar-refractivity contribution in [3.8, 4) is 0 Å². The van der Waals surface area contributed by atoms with Gasteiger partial charge in [0.15, 0.2) is 0 Å². The van der Waals surface area contributed by atoms with E-state index < -0.39 is 0 Å². The highest BCUT2D eigenvalue weighted by Crippen LogP contribution is 2.42. The van der Waals surface area contributed by atoms with Gasteiger partial charge in [-0.1, -0.05) is 6.07 Å². The fraction of sp³-hybridized carbons (Fsp3) is 0.667. The molecular formula is C18H25N3O. The maximum atomic E-state index is 13.0. The van der Waals surface area contributed by atoms with Gasteiger partial charge in [0.2, 0.25) is 5.91 Å². The number of amides is 1. The first-order valence-corrected chi connectivity index (χ1v) is 8.66. The number of hydrogen-bond acceptors (Lipinski definition) is 3. The monoisotopic (exact) mass is 299 g/mol. The topological polar surface area (TPSA) is 36.4 Å². The van der Waals surface area contributed by atoms with Crippen LogP contribution < -0.4 is 0 Å². The van der Waals surface area contributed by atoms with E-state index in [-0.39, 0.29) is 5.41 Å². The molecule has 1 amide bonds.